The molecule has 1 heterocycles. The Morgan fingerprint density at radius 1 is 1.45 bits per heavy atom. The molecule has 0 aliphatic carbocycles. The number of hydrogen-bond acceptors (Lipinski definition) is 6. The van der Waals surface area contributed by atoms with E-state index in [1.54, 1.807) is 12.1 Å². The Labute approximate surface area is 125 Å². The molecule has 0 atom stereocenters. The van der Waals surface area contributed by atoms with E-state index in [9.17, 15) is 10.1 Å². The lowest BCUT2D eigenvalue weighted by Gasteiger charge is -1.99. The summed E-state index contributed by atoms with van der Waals surface area (Å²) >= 11 is 7.13. The lowest BCUT2D eigenvalue weighted by atomic mass is 10.2. The highest BCUT2D eigenvalue weighted by atomic mass is 35.5. The normalized spacial score (nSPS) is 10.7. The van der Waals surface area contributed by atoms with Gasteiger partial charge in [-0.3, -0.25) is 10.1 Å². The van der Waals surface area contributed by atoms with Crippen molar-refractivity contribution in [2.75, 3.05) is 6.54 Å². The Hall–Kier alpha value is -1.57. The van der Waals surface area contributed by atoms with Gasteiger partial charge in [0.25, 0.3) is 5.69 Å². The van der Waals surface area contributed by atoms with Gasteiger partial charge in [0.05, 0.1) is 10.5 Å². The summed E-state index contributed by atoms with van der Waals surface area (Å²) in [6.45, 7) is 3.60. The molecule has 0 amide bonds. The number of rotatable bonds is 6. The lowest BCUT2D eigenvalue weighted by molar-refractivity contribution is -0.384. The Balaban J connectivity index is 2.25. The quantitative estimate of drug-likeness (QED) is 0.503. The molecule has 6 nitrogen and oxygen atoms in total. The van der Waals surface area contributed by atoms with E-state index >= 15 is 0 Å². The molecule has 8 heteroatoms. The molecular formula is C12H13ClN4O2S. The van der Waals surface area contributed by atoms with Crippen molar-refractivity contribution < 1.29 is 4.92 Å². The van der Waals surface area contributed by atoms with E-state index < -0.39 is 4.92 Å². The molecule has 1 aromatic heterocycles. The minimum atomic E-state index is -0.461. The van der Waals surface area contributed by atoms with E-state index in [1.165, 1.54) is 17.4 Å². The zero-order valence-corrected chi connectivity index (χ0v) is 12.4. The van der Waals surface area contributed by atoms with Gasteiger partial charge in [-0.25, -0.2) is 0 Å². The second kappa shape index (κ2) is 6.74. The molecule has 2 rings (SSSR count). The van der Waals surface area contributed by atoms with Crippen LogP contribution in [0.1, 0.15) is 18.4 Å². The van der Waals surface area contributed by atoms with Gasteiger partial charge in [0.2, 0.25) is 0 Å². The van der Waals surface area contributed by atoms with E-state index in [1.807, 2.05) is 0 Å². The van der Waals surface area contributed by atoms with Crippen molar-refractivity contribution in [3.63, 3.8) is 0 Å². The number of halogens is 1. The molecule has 0 saturated heterocycles. The molecule has 0 aliphatic rings. The first-order chi connectivity index (χ1) is 9.61. The van der Waals surface area contributed by atoms with Crippen molar-refractivity contribution in [3.05, 3.63) is 38.3 Å². The van der Waals surface area contributed by atoms with E-state index in [-0.39, 0.29) is 5.69 Å². The van der Waals surface area contributed by atoms with Gasteiger partial charge in [0, 0.05) is 17.6 Å². The molecule has 0 radical (unpaired) electrons. The average molecular weight is 313 g/mol. The second-order valence-corrected chi connectivity index (χ2v) is 5.59. The second-order valence-electron chi connectivity index (χ2n) is 4.10. The molecule has 0 saturated carbocycles. The van der Waals surface area contributed by atoms with Crippen LogP contribution in [-0.4, -0.2) is 21.7 Å². The predicted molar refractivity (Wildman–Crippen MR) is 79.0 cm³/mol. The molecular weight excluding hydrogens is 300 g/mol. The molecule has 0 spiro atoms. The van der Waals surface area contributed by atoms with Crippen LogP contribution < -0.4 is 5.32 Å². The fraction of sp³-hybridized carbons (Fsp3) is 0.333. The fourth-order valence-electron chi connectivity index (χ4n) is 1.64. The lowest BCUT2D eigenvalue weighted by Crippen LogP contribution is -2.13. The Bertz CT molecular complexity index is 617. The van der Waals surface area contributed by atoms with Gasteiger partial charge < -0.3 is 5.32 Å². The maximum atomic E-state index is 11.1. The predicted octanol–water partition coefficient (Wildman–Crippen LogP) is 3.27. The van der Waals surface area contributed by atoms with Crippen molar-refractivity contribution in [2.24, 2.45) is 0 Å². The average Bonchev–Trinajstić information content (AvgIpc) is 2.87. The van der Waals surface area contributed by atoms with E-state index in [0.29, 0.717) is 22.1 Å². The van der Waals surface area contributed by atoms with Gasteiger partial charge in [-0.2, -0.15) is 0 Å². The van der Waals surface area contributed by atoms with Crippen LogP contribution in [0.4, 0.5) is 5.69 Å². The molecule has 1 aromatic carbocycles. The number of nitrogens with zero attached hydrogens (tertiary/aromatic N) is 3. The minimum absolute atomic E-state index is 0.0540. The van der Waals surface area contributed by atoms with Crippen LogP contribution in [0.3, 0.4) is 0 Å². The van der Waals surface area contributed by atoms with Crippen molar-refractivity contribution in [2.45, 2.75) is 19.9 Å². The molecule has 0 bridgehead atoms. The summed E-state index contributed by atoms with van der Waals surface area (Å²) in [5.74, 6) is 0. The third-order valence-corrected chi connectivity index (χ3v) is 3.75. The summed E-state index contributed by atoms with van der Waals surface area (Å²) in [7, 11) is 0. The van der Waals surface area contributed by atoms with Crippen molar-refractivity contribution >= 4 is 28.6 Å². The van der Waals surface area contributed by atoms with Crippen LogP contribution in [-0.2, 0) is 6.54 Å². The van der Waals surface area contributed by atoms with Crippen molar-refractivity contribution in [1.82, 2.24) is 15.5 Å². The first-order valence-corrected chi connectivity index (χ1v) is 7.28. The standard InChI is InChI=1S/C12H13ClN4O2S/c1-2-5-14-7-11-15-16-12(20-11)9-4-3-8(13)6-10(9)17(18)19/h3-4,6,14H,2,5,7H2,1H3. The van der Waals surface area contributed by atoms with E-state index in [2.05, 4.69) is 22.4 Å². The molecule has 0 aliphatic heterocycles. The van der Waals surface area contributed by atoms with Gasteiger partial charge in [-0.1, -0.05) is 29.9 Å². The summed E-state index contributed by atoms with van der Waals surface area (Å²) in [5.41, 5.74) is 0.389. The van der Waals surface area contributed by atoms with E-state index in [0.717, 1.165) is 18.0 Å². The topological polar surface area (TPSA) is 81.0 Å². The van der Waals surface area contributed by atoms with Gasteiger partial charge >= 0.3 is 0 Å². The molecule has 20 heavy (non-hydrogen) atoms. The third kappa shape index (κ3) is 3.50. The Kier molecular flexibility index (Phi) is 4.99. The van der Waals surface area contributed by atoms with Crippen LogP contribution in [0.5, 0.6) is 0 Å². The van der Waals surface area contributed by atoms with E-state index in [4.69, 9.17) is 11.6 Å². The monoisotopic (exact) mass is 312 g/mol. The largest absolute Gasteiger partial charge is 0.310 e. The van der Waals surface area contributed by atoms with Crippen molar-refractivity contribution in [3.8, 4) is 10.6 Å². The van der Waals surface area contributed by atoms with Crippen LogP contribution in [0.25, 0.3) is 10.6 Å². The van der Waals surface area contributed by atoms with Gasteiger partial charge in [0.15, 0.2) is 5.01 Å². The highest BCUT2D eigenvalue weighted by Gasteiger charge is 2.19. The molecule has 2 aromatic rings. The number of nitro groups is 1. The zero-order valence-electron chi connectivity index (χ0n) is 10.8. The number of nitro benzene ring substituents is 1. The van der Waals surface area contributed by atoms with Crippen LogP contribution in [0.2, 0.25) is 5.02 Å². The van der Waals surface area contributed by atoms with Gasteiger partial charge in [-0.15, -0.1) is 10.2 Å². The number of hydrogen-bond donors (Lipinski definition) is 1. The van der Waals surface area contributed by atoms with Crippen LogP contribution in [0, 0.1) is 10.1 Å². The molecule has 0 unspecified atom stereocenters. The fourth-order valence-corrected chi connectivity index (χ4v) is 2.65. The maximum absolute atomic E-state index is 11.1. The summed E-state index contributed by atoms with van der Waals surface area (Å²) in [6.07, 6.45) is 1.04. The highest BCUT2D eigenvalue weighted by molar-refractivity contribution is 7.14. The minimum Gasteiger partial charge on any atom is -0.310 e. The molecule has 1 N–H and O–H groups in total. The third-order valence-electron chi connectivity index (χ3n) is 2.56. The number of nitrogens with one attached hydrogen (secondary N) is 1. The summed E-state index contributed by atoms with van der Waals surface area (Å²) < 4.78 is 0. The zero-order chi connectivity index (χ0) is 14.5. The Morgan fingerprint density at radius 2 is 2.25 bits per heavy atom. The first-order valence-electron chi connectivity index (χ1n) is 6.09. The van der Waals surface area contributed by atoms with Crippen molar-refractivity contribution in [1.29, 1.82) is 0 Å². The molecule has 106 valence electrons. The van der Waals surface area contributed by atoms with Gasteiger partial charge in [0.1, 0.15) is 5.01 Å². The smallest absolute Gasteiger partial charge is 0.281 e. The summed E-state index contributed by atoms with van der Waals surface area (Å²) in [6, 6.07) is 4.54. The summed E-state index contributed by atoms with van der Waals surface area (Å²) in [5, 5.41) is 24.0. The molecule has 0 fully saturated rings. The summed E-state index contributed by atoms with van der Waals surface area (Å²) in [4.78, 5) is 10.6. The van der Waals surface area contributed by atoms with Crippen LogP contribution >= 0.6 is 22.9 Å². The highest BCUT2D eigenvalue weighted by Crippen LogP contribution is 2.33. The van der Waals surface area contributed by atoms with Crippen LogP contribution in [0.15, 0.2) is 18.2 Å². The number of benzene rings is 1. The Morgan fingerprint density at radius 3 is 2.95 bits per heavy atom. The first kappa shape index (κ1) is 14.8. The van der Waals surface area contributed by atoms with Gasteiger partial charge in [-0.05, 0) is 25.1 Å². The maximum Gasteiger partial charge on any atom is 0.281 e. The SMILES string of the molecule is CCCNCc1nnc(-c2ccc(Cl)cc2[N+](=O)[O-])s1. The number of aromatic nitrogens is 2.